The molecule has 0 fully saturated rings. The van der Waals surface area contributed by atoms with Gasteiger partial charge in [0.25, 0.3) is 0 Å². The van der Waals surface area contributed by atoms with Crippen LogP contribution < -0.4 is 4.74 Å². The number of hydrogen-bond acceptors (Lipinski definition) is 4. The van der Waals surface area contributed by atoms with Gasteiger partial charge in [0.05, 0.1) is 5.02 Å². The third-order valence-electron chi connectivity index (χ3n) is 5.59. The Balaban J connectivity index is 1.58. The van der Waals surface area contributed by atoms with Crippen molar-refractivity contribution in [3.63, 3.8) is 0 Å². The number of fused-ring (bicyclic) bond motifs is 1. The summed E-state index contributed by atoms with van der Waals surface area (Å²) >= 11 is 13.0. The predicted molar refractivity (Wildman–Crippen MR) is 137 cm³/mol. The highest BCUT2D eigenvalue weighted by Gasteiger charge is 2.26. The summed E-state index contributed by atoms with van der Waals surface area (Å²) in [7, 11) is -2.28. The Labute approximate surface area is 210 Å². The van der Waals surface area contributed by atoms with E-state index in [-0.39, 0.29) is 16.5 Å². The molecule has 0 atom stereocenters. The van der Waals surface area contributed by atoms with E-state index in [0.29, 0.717) is 29.3 Å². The molecular weight excluding hydrogens is 491 g/mol. The Kier molecular flexibility index (Phi) is 7.43. The van der Waals surface area contributed by atoms with Gasteiger partial charge in [0.1, 0.15) is 22.8 Å². The average Bonchev–Trinajstić information content (AvgIpc) is 2.83. The SMILES string of the molecule is Cc1ccc2cccc(OCc3c(Cl)ccc(S(=O)(=O)N(C)CCc4ccccc4)c3Cl)c2n1. The van der Waals surface area contributed by atoms with Crippen molar-refractivity contribution < 1.29 is 13.2 Å². The number of hydrogen-bond donors (Lipinski definition) is 0. The van der Waals surface area contributed by atoms with Crippen molar-refractivity contribution in [3.8, 4) is 5.75 Å². The molecule has 176 valence electrons. The van der Waals surface area contributed by atoms with E-state index in [4.69, 9.17) is 27.9 Å². The molecule has 0 saturated heterocycles. The maximum absolute atomic E-state index is 13.3. The molecule has 0 bridgehead atoms. The largest absolute Gasteiger partial charge is 0.487 e. The second kappa shape index (κ2) is 10.3. The fourth-order valence-electron chi connectivity index (χ4n) is 3.61. The van der Waals surface area contributed by atoms with E-state index in [2.05, 4.69) is 4.98 Å². The van der Waals surface area contributed by atoms with Gasteiger partial charge in [-0.05, 0) is 43.2 Å². The molecule has 0 saturated carbocycles. The Bertz CT molecular complexity index is 1430. The number of ether oxygens (including phenoxy) is 1. The first-order valence-electron chi connectivity index (χ1n) is 10.7. The average molecular weight is 515 g/mol. The van der Waals surface area contributed by atoms with E-state index in [1.54, 1.807) is 7.05 Å². The third kappa shape index (κ3) is 5.20. The van der Waals surface area contributed by atoms with Crippen molar-refractivity contribution in [2.45, 2.75) is 24.8 Å². The van der Waals surface area contributed by atoms with E-state index in [1.807, 2.05) is 67.6 Å². The van der Waals surface area contributed by atoms with E-state index >= 15 is 0 Å². The maximum Gasteiger partial charge on any atom is 0.244 e. The first-order chi connectivity index (χ1) is 16.3. The van der Waals surface area contributed by atoms with Gasteiger partial charge in [-0.1, -0.05) is 71.7 Å². The van der Waals surface area contributed by atoms with Crippen LogP contribution in [0.2, 0.25) is 10.0 Å². The van der Waals surface area contributed by atoms with Crippen LogP contribution in [0.4, 0.5) is 0 Å². The molecule has 34 heavy (non-hydrogen) atoms. The fraction of sp³-hybridized carbons (Fsp3) is 0.192. The molecule has 0 N–H and O–H groups in total. The zero-order valence-corrected chi connectivity index (χ0v) is 21.2. The molecule has 8 heteroatoms. The molecule has 4 rings (SSSR count). The first-order valence-corrected chi connectivity index (χ1v) is 12.9. The van der Waals surface area contributed by atoms with Gasteiger partial charge >= 0.3 is 0 Å². The number of aromatic nitrogens is 1. The molecule has 3 aromatic carbocycles. The molecule has 1 heterocycles. The van der Waals surface area contributed by atoms with Gasteiger partial charge in [-0.3, -0.25) is 0 Å². The van der Waals surface area contributed by atoms with Crippen molar-refractivity contribution in [1.82, 2.24) is 9.29 Å². The van der Waals surface area contributed by atoms with Gasteiger partial charge in [-0.15, -0.1) is 0 Å². The number of rotatable bonds is 8. The second-order valence-corrected chi connectivity index (χ2v) is 10.8. The van der Waals surface area contributed by atoms with E-state index < -0.39 is 10.0 Å². The lowest BCUT2D eigenvalue weighted by molar-refractivity contribution is 0.309. The molecule has 0 aliphatic heterocycles. The van der Waals surface area contributed by atoms with Gasteiger partial charge in [0.15, 0.2) is 0 Å². The maximum atomic E-state index is 13.3. The topological polar surface area (TPSA) is 59.5 Å². The number of aryl methyl sites for hydroxylation is 1. The number of likely N-dealkylation sites (N-methyl/N-ethyl adjacent to an activating group) is 1. The molecule has 0 amide bonds. The number of nitrogens with zero attached hydrogens (tertiary/aromatic N) is 2. The third-order valence-corrected chi connectivity index (χ3v) is 8.39. The van der Waals surface area contributed by atoms with Crippen molar-refractivity contribution >= 4 is 44.1 Å². The lowest BCUT2D eigenvalue weighted by atomic mass is 10.2. The van der Waals surface area contributed by atoms with Crippen LogP contribution in [-0.4, -0.2) is 31.3 Å². The Hall–Kier alpha value is -2.64. The number of pyridine rings is 1. The summed E-state index contributed by atoms with van der Waals surface area (Å²) in [6, 6.07) is 22.2. The van der Waals surface area contributed by atoms with Crippen LogP contribution in [-0.2, 0) is 23.1 Å². The number of benzene rings is 3. The Morgan fingerprint density at radius 2 is 1.71 bits per heavy atom. The van der Waals surface area contributed by atoms with Crippen LogP contribution in [0.3, 0.4) is 0 Å². The van der Waals surface area contributed by atoms with Crippen LogP contribution >= 0.6 is 23.2 Å². The zero-order chi connectivity index (χ0) is 24.3. The summed E-state index contributed by atoms with van der Waals surface area (Å²) in [6.07, 6.45) is 0.589. The minimum atomic E-state index is -3.83. The molecule has 0 radical (unpaired) electrons. The molecule has 0 unspecified atom stereocenters. The predicted octanol–water partition coefficient (Wildman–Crippen LogP) is 6.29. The van der Waals surface area contributed by atoms with Gasteiger partial charge in [0, 0.05) is 35.3 Å². The van der Waals surface area contributed by atoms with Crippen LogP contribution in [0, 0.1) is 6.92 Å². The summed E-state index contributed by atoms with van der Waals surface area (Å²) < 4.78 is 33.9. The van der Waals surface area contributed by atoms with E-state index in [9.17, 15) is 8.42 Å². The summed E-state index contributed by atoms with van der Waals surface area (Å²) in [5, 5.41) is 1.33. The van der Waals surface area contributed by atoms with Crippen LogP contribution in [0.25, 0.3) is 10.9 Å². The molecule has 0 spiro atoms. The standard InChI is InChI=1S/C26H24Cl2N2O3S/c1-18-11-12-20-9-6-10-23(26(20)29-18)33-17-21-22(27)13-14-24(25(21)28)34(31,32)30(2)16-15-19-7-4-3-5-8-19/h3-14H,15-17H2,1-2H3. The molecule has 0 aliphatic carbocycles. The Morgan fingerprint density at radius 3 is 2.47 bits per heavy atom. The quantitative estimate of drug-likeness (QED) is 0.277. The minimum absolute atomic E-state index is 0.000354. The summed E-state index contributed by atoms with van der Waals surface area (Å²) in [5.41, 5.74) is 3.05. The first kappa shape index (κ1) is 24.5. The highest BCUT2D eigenvalue weighted by molar-refractivity contribution is 7.89. The fourth-order valence-corrected chi connectivity index (χ4v) is 5.64. The highest BCUT2D eigenvalue weighted by Crippen LogP contribution is 2.34. The van der Waals surface area contributed by atoms with Crippen LogP contribution in [0.1, 0.15) is 16.8 Å². The van der Waals surface area contributed by atoms with Gasteiger partial charge in [0.2, 0.25) is 10.0 Å². The summed E-state index contributed by atoms with van der Waals surface area (Å²) in [6.45, 7) is 2.23. The second-order valence-electron chi connectivity index (χ2n) is 7.97. The number of sulfonamides is 1. The molecular formula is C26H24Cl2N2O3S. The number of halogens is 2. The zero-order valence-electron chi connectivity index (χ0n) is 18.8. The van der Waals surface area contributed by atoms with Crippen molar-refractivity contribution in [1.29, 1.82) is 0 Å². The van der Waals surface area contributed by atoms with Crippen molar-refractivity contribution in [2.75, 3.05) is 13.6 Å². The van der Waals surface area contributed by atoms with Crippen LogP contribution in [0.5, 0.6) is 5.75 Å². The van der Waals surface area contributed by atoms with Gasteiger partial charge in [-0.2, -0.15) is 0 Å². The van der Waals surface area contributed by atoms with E-state index in [0.717, 1.165) is 22.2 Å². The monoisotopic (exact) mass is 514 g/mol. The molecule has 5 nitrogen and oxygen atoms in total. The lowest BCUT2D eigenvalue weighted by Gasteiger charge is -2.20. The smallest absolute Gasteiger partial charge is 0.244 e. The van der Waals surface area contributed by atoms with Gasteiger partial charge in [-0.25, -0.2) is 17.7 Å². The Morgan fingerprint density at radius 1 is 0.941 bits per heavy atom. The van der Waals surface area contributed by atoms with Gasteiger partial charge < -0.3 is 4.74 Å². The summed E-state index contributed by atoms with van der Waals surface area (Å²) in [4.78, 5) is 4.56. The molecule has 0 aliphatic rings. The van der Waals surface area contributed by atoms with Crippen LogP contribution in [0.15, 0.2) is 77.7 Å². The molecule has 1 aromatic heterocycles. The summed E-state index contributed by atoms with van der Waals surface area (Å²) in [5.74, 6) is 0.571. The normalized spacial score (nSPS) is 11.8. The van der Waals surface area contributed by atoms with Crippen molar-refractivity contribution in [2.24, 2.45) is 0 Å². The van der Waals surface area contributed by atoms with Crippen molar-refractivity contribution in [3.05, 3.63) is 99.7 Å². The highest BCUT2D eigenvalue weighted by atomic mass is 35.5. The minimum Gasteiger partial charge on any atom is -0.487 e. The molecule has 4 aromatic rings. The van der Waals surface area contributed by atoms with E-state index in [1.165, 1.54) is 16.4 Å². The lowest BCUT2D eigenvalue weighted by Crippen LogP contribution is -2.29. The number of para-hydroxylation sites is 1.